The second kappa shape index (κ2) is 6.73. The van der Waals surface area contributed by atoms with Gasteiger partial charge in [-0.15, -0.1) is 0 Å². The quantitative estimate of drug-likeness (QED) is 0.875. The van der Waals surface area contributed by atoms with Crippen LogP contribution in [0, 0.1) is 24.7 Å². The van der Waals surface area contributed by atoms with E-state index in [1.807, 2.05) is 19.1 Å². The summed E-state index contributed by atoms with van der Waals surface area (Å²) in [6, 6.07) is 5.87. The number of nitrogens with two attached hydrogens (primary N) is 2. The van der Waals surface area contributed by atoms with Gasteiger partial charge in [0.05, 0.1) is 23.7 Å². The highest BCUT2D eigenvalue weighted by molar-refractivity contribution is 5.58. The van der Waals surface area contributed by atoms with Crippen LogP contribution in [-0.2, 0) is 0 Å². The summed E-state index contributed by atoms with van der Waals surface area (Å²) >= 11 is 0. The highest BCUT2D eigenvalue weighted by atomic mass is 16.5. The summed E-state index contributed by atoms with van der Waals surface area (Å²) in [5, 5.41) is 0. The first-order valence-corrected chi connectivity index (χ1v) is 8.39. The van der Waals surface area contributed by atoms with E-state index in [2.05, 4.69) is 28.8 Å². The van der Waals surface area contributed by atoms with Crippen LogP contribution in [-0.4, -0.2) is 27.6 Å². The van der Waals surface area contributed by atoms with E-state index >= 15 is 0 Å². The Morgan fingerprint density at radius 3 is 2.67 bits per heavy atom. The molecule has 24 heavy (non-hydrogen) atoms. The first-order valence-electron chi connectivity index (χ1n) is 8.39. The van der Waals surface area contributed by atoms with Gasteiger partial charge in [-0.1, -0.05) is 13.8 Å². The molecule has 3 rings (SSSR count). The Kier molecular flexibility index (Phi) is 4.66. The van der Waals surface area contributed by atoms with Gasteiger partial charge in [-0.3, -0.25) is 0 Å². The van der Waals surface area contributed by atoms with Crippen LogP contribution in [0.25, 0.3) is 11.4 Å². The fourth-order valence-corrected chi connectivity index (χ4v) is 3.59. The molecule has 1 aliphatic rings. The molecule has 4 N–H and O–H groups in total. The Balaban J connectivity index is 1.67. The van der Waals surface area contributed by atoms with Crippen LogP contribution in [0.1, 0.15) is 26.0 Å². The van der Waals surface area contributed by atoms with E-state index in [0.29, 0.717) is 41.9 Å². The van der Waals surface area contributed by atoms with Gasteiger partial charge in [0, 0.05) is 12.1 Å². The molecule has 0 radical (unpaired) electrons. The third-order valence-corrected chi connectivity index (χ3v) is 4.82. The normalized spacial score (nSPS) is 23.1. The van der Waals surface area contributed by atoms with Crippen molar-refractivity contribution in [3.05, 3.63) is 30.2 Å². The smallest absolute Gasteiger partial charge is 0.140 e. The molecule has 2 aromatic rings. The molecule has 6 nitrogen and oxygen atoms in total. The van der Waals surface area contributed by atoms with Crippen LogP contribution >= 0.6 is 0 Å². The fourth-order valence-electron chi connectivity index (χ4n) is 3.59. The summed E-state index contributed by atoms with van der Waals surface area (Å²) in [5.41, 5.74) is 14.1. The molecule has 1 aliphatic carbocycles. The number of rotatable bonds is 5. The SMILES string of the molecule is Cc1nc(-c2cc(N)ncn2)ccc1OC[C@@H]1CC(N)C1C(C)C. The summed E-state index contributed by atoms with van der Waals surface area (Å²) in [6.45, 7) is 7.09. The van der Waals surface area contributed by atoms with E-state index in [4.69, 9.17) is 16.2 Å². The van der Waals surface area contributed by atoms with Crippen LogP contribution in [0.5, 0.6) is 5.75 Å². The first-order chi connectivity index (χ1) is 11.5. The molecule has 3 atom stereocenters. The minimum atomic E-state index is 0.309. The number of nitrogens with zero attached hydrogens (tertiary/aromatic N) is 3. The van der Waals surface area contributed by atoms with Crippen molar-refractivity contribution in [2.75, 3.05) is 12.3 Å². The number of anilines is 1. The fraction of sp³-hybridized carbons (Fsp3) is 0.500. The number of nitrogen functional groups attached to an aromatic ring is 1. The molecule has 2 aromatic heterocycles. The maximum atomic E-state index is 6.12. The molecule has 6 heteroatoms. The van der Waals surface area contributed by atoms with Gasteiger partial charge in [-0.05, 0) is 43.2 Å². The molecule has 1 fully saturated rings. The topological polar surface area (TPSA) is 99.9 Å². The van der Waals surface area contributed by atoms with E-state index in [0.717, 1.165) is 23.6 Å². The summed E-state index contributed by atoms with van der Waals surface area (Å²) in [4.78, 5) is 12.7. The van der Waals surface area contributed by atoms with E-state index in [-0.39, 0.29) is 0 Å². The third kappa shape index (κ3) is 3.33. The van der Waals surface area contributed by atoms with Crippen molar-refractivity contribution < 1.29 is 4.74 Å². The zero-order chi connectivity index (χ0) is 17.3. The summed E-state index contributed by atoms with van der Waals surface area (Å²) in [7, 11) is 0. The Hall–Kier alpha value is -2.21. The maximum absolute atomic E-state index is 6.12. The lowest BCUT2D eigenvalue weighted by atomic mass is 9.65. The van der Waals surface area contributed by atoms with Gasteiger partial charge in [-0.2, -0.15) is 0 Å². The lowest BCUT2D eigenvalue weighted by Crippen LogP contribution is -2.52. The molecule has 0 bridgehead atoms. The van der Waals surface area contributed by atoms with Crippen molar-refractivity contribution in [1.82, 2.24) is 15.0 Å². The predicted molar refractivity (Wildman–Crippen MR) is 94.3 cm³/mol. The van der Waals surface area contributed by atoms with Crippen molar-refractivity contribution in [2.24, 2.45) is 23.5 Å². The summed E-state index contributed by atoms with van der Waals surface area (Å²) in [5.74, 6) is 2.90. The second-order valence-electron chi connectivity index (χ2n) is 6.90. The van der Waals surface area contributed by atoms with E-state index in [1.54, 1.807) is 6.07 Å². The van der Waals surface area contributed by atoms with Crippen LogP contribution in [0.15, 0.2) is 24.5 Å². The van der Waals surface area contributed by atoms with Crippen molar-refractivity contribution in [1.29, 1.82) is 0 Å². The first kappa shape index (κ1) is 16.6. The van der Waals surface area contributed by atoms with Crippen LogP contribution in [0.4, 0.5) is 5.82 Å². The number of aromatic nitrogens is 3. The van der Waals surface area contributed by atoms with Crippen molar-refractivity contribution in [3.8, 4) is 17.1 Å². The number of hydrogen-bond donors (Lipinski definition) is 2. The van der Waals surface area contributed by atoms with Gasteiger partial charge in [0.2, 0.25) is 0 Å². The molecule has 0 aromatic carbocycles. The minimum Gasteiger partial charge on any atom is -0.491 e. The van der Waals surface area contributed by atoms with E-state index < -0.39 is 0 Å². The number of pyridine rings is 1. The Morgan fingerprint density at radius 2 is 2.04 bits per heavy atom. The monoisotopic (exact) mass is 327 g/mol. The number of aryl methyl sites for hydroxylation is 1. The summed E-state index contributed by atoms with van der Waals surface area (Å²) in [6.07, 6.45) is 2.48. The van der Waals surface area contributed by atoms with Crippen molar-refractivity contribution in [3.63, 3.8) is 0 Å². The van der Waals surface area contributed by atoms with Gasteiger partial charge in [0.1, 0.15) is 17.9 Å². The highest BCUT2D eigenvalue weighted by Gasteiger charge is 2.40. The van der Waals surface area contributed by atoms with E-state index in [9.17, 15) is 0 Å². The van der Waals surface area contributed by atoms with Gasteiger partial charge in [0.25, 0.3) is 0 Å². The van der Waals surface area contributed by atoms with Crippen LogP contribution < -0.4 is 16.2 Å². The molecule has 0 amide bonds. The zero-order valence-electron chi connectivity index (χ0n) is 14.4. The van der Waals surface area contributed by atoms with Gasteiger partial charge in [0.15, 0.2) is 0 Å². The zero-order valence-corrected chi connectivity index (χ0v) is 14.4. The van der Waals surface area contributed by atoms with Crippen molar-refractivity contribution in [2.45, 2.75) is 33.2 Å². The molecule has 2 heterocycles. The van der Waals surface area contributed by atoms with Crippen LogP contribution in [0.2, 0.25) is 0 Å². The maximum Gasteiger partial charge on any atom is 0.140 e. The Bertz CT molecular complexity index is 714. The Labute approximate surface area is 142 Å². The van der Waals surface area contributed by atoms with Gasteiger partial charge >= 0.3 is 0 Å². The molecule has 2 unspecified atom stereocenters. The average Bonchev–Trinajstić information content (AvgIpc) is 2.51. The van der Waals surface area contributed by atoms with E-state index in [1.165, 1.54) is 6.33 Å². The molecule has 0 saturated heterocycles. The highest BCUT2D eigenvalue weighted by Crippen LogP contribution is 2.39. The predicted octanol–water partition coefficient (Wildman–Crippen LogP) is 2.43. The number of hydrogen-bond acceptors (Lipinski definition) is 6. The third-order valence-electron chi connectivity index (χ3n) is 4.82. The Morgan fingerprint density at radius 1 is 1.25 bits per heavy atom. The lowest BCUT2D eigenvalue weighted by molar-refractivity contribution is 0.0445. The molecule has 128 valence electrons. The molecule has 1 saturated carbocycles. The average molecular weight is 327 g/mol. The lowest BCUT2D eigenvalue weighted by Gasteiger charge is -2.45. The van der Waals surface area contributed by atoms with Crippen LogP contribution in [0.3, 0.4) is 0 Å². The standard InChI is InChI=1S/C18H25N5O/c1-10(2)18-12(6-13(18)19)8-24-16-5-4-14(23-11(16)3)15-7-17(20)22-9-21-15/h4-5,7,9-10,12-13,18H,6,8,19H2,1-3H3,(H2,20,21,22)/t12-,13?,18?/m0/s1. The molecular weight excluding hydrogens is 302 g/mol. The minimum absolute atomic E-state index is 0.309. The molecule has 0 aliphatic heterocycles. The number of ether oxygens (including phenoxy) is 1. The molecular formula is C18H25N5O. The largest absolute Gasteiger partial charge is 0.491 e. The van der Waals surface area contributed by atoms with Crippen molar-refractivity contribution >= 4 is 5.82 Å². The molecule has 0 spiro atoms. The second-order valence-corrected chi connectivity index (χ2v) is 6.90. The van der Waals surface area contributed by atoms with Gasteiger partial charge in [-0.25, -0.2) is 15.0 Å². The van der Waals surface area contributed by atoms with Gasteiger partial charge < -0.3 is 16.2 Å². The summed E-state index contributed by atoms with van der Waals surface area (Å²) < 4.78 is 6.01.